The zero-order valence-electron chi connectivity index (χ0n) is 9.93. The molecule has 2 saturated heterocycles. The zero-order valence-corrected chi connectivity index (χ0v) is 9.93. The van der Waals surface area contributed by atoms with Crippen molar-refractivity contribution in [1.82, 2.24) is 9.80 Å². The first-order valence-electron chi connectivity index (χ1n) is 6.33. The lowest BCUT2D eigenvalue weighted by atomic mass is 10.1. The number of hydrogen-bond donors (Lipinski definition) is 0. The smallest absolute Gasteiger partial charge is 0.117 e. The second-order valence-electron chi connectivity index (χ2n) is 5.15. The summed E-state index contributed by atoms with van der Waals surface area (Å²) in [4.78, 5) is 5.22. The van der Waals surface area contributed by atoms with Crippen molar-refractivity contribution in [2.45, 2.75) is 38.4 Å². The summed E-state index contributed by atoms with van der Waals surface area (Å²) in [5, 5.41) is 0. The topological polar surface area (TPSA) is 19.6 Å². The third kappa shape index (κ3) is 1.89. The summed E-state index contributed by atoms with van der Waals surface area (Å²) in [6.45, 7) is 7.05. The Balaban J connectivity index is 1.66. The van der Waals surface area contributed by atoms with Gasteiger partial charge < -0.3 is 4.42 Å². The Hall–Kier alpha value is -0.800. The molecule has 16 heavy (non-hydrogen) atoms. The predicted molar refractivity (Wildman–Crippen MR) is 63.2 cm³/mol. The summed E-state index contributed by atoms with van der Waals surface area (Å²) in [5.41, 5.74) is 0. The second kappa shape index (κ2) is 4.22. The molecule has 0 radical (unpaired) electrons. The lowest BCUT2D eigenvalue weighted by Crippen LogP contribution is -2.54. The highest BCUT2D eigenvalue weighted by molar-refractivity contribution is 5.00. The lowest BCUT2D eigenvalue weighted by molar-refractivity contribution is 0.0494. The van der Waals surface area contributed by atoms with Gasteiger partial charge in [0, 0.05) is 25.2 Å². The molecule has 2 aliphatic heterocycles. The molecule has 3 rings (SSSR count). The Kier molecular flexibility index (Phi) is 2.74. The Bertz CT molecular complexity index is 336. The maximum absolute atomic E-state index is 5.44. The van der Waals surface area contributed by atoms with Gasteiger partial charge in [-0.2, -0.15) is 0 Å². The number of nitrogens with zero attached hydrogens (tertiary/aromatic N) is 2. The fraction of sp³-hybridized carbons (Fsp3) is 0.692. The highest BCUT2D eigenvalue weighted by Gasteiger charge is 2.34. The molecular formula is C13H20N2O. The molecule has 0 bridgehead atoms. The first-order chi connectivity index (χ1) is 7.83. The van der Waals surface area contributed by atoms with E-state index in [2.05, 4.69) is 22.8 Å². The molecule has 1 unspecified atom stereocenters. The van der Waals surface area contributed by atoms with Gasteiger partial charge in [0.05, 0.1) is 12.8 Å². The maximum atomic E-state index is 5.44. The summed E-state index contributed by atoms with van der Waals surface area (Å²) in [7, 11) is 0. The van der Waals surface area contributed by atoms with Crippen molar-refractivity contribution in [3.8, 4) is 0 Å². The first-order valence-corrected chi connectivity index (χ1v) is 6.33. The second-order valence-corrected chi connectivity index (χ2v) is 5.15. The van der Waals surface area contributed by atoms with Crippen LogP contribution in [0, 0.1) is 0 Å². The van der Waals surface area contributed by atoms with Gasteiger partial charge in [-0.3, -0.25) is 9.80 Å². The molecule has 3 nitrogen and oxygen atoms in total. The first kappa shape index (κ1) is 10.4. The van der Waals surface area contributed by atoms with Crippen LogP contribution >= 0.6 is 0 Å². The van der Waals surface area contributed by atoms with Gasteiger partial charge in [-0.05, 0) is 38.4 Å². The van der Waals surface area contributed by atoms with Crippen LogP contribution in [0.2, 0.25) is 0 Å². The third-order valence-corrected chi connectivity index (χ3v) is 4.01. The quantitative estimate of drug-likeness (QED) is 0.759. The standard InChI is InChI=1S/C13H20N2O/c1-11-8-14-6-2-4-12(14)9-15(11)10-13-5-3-7-16-13/h3,5,7,11-12H,2,4,6,8-10H2,1H3/t11-,12?/m0/s1. The van der Waals surface area contributed by atoms with Gasteiger partial charge >= 0.3 is 0 Å². The largest absolute Gasteiger partial charge is 0.468 e. The van der Waals surface area contributed by atoms with E-state index in [0.29, 0.717) is 6.04 Å². The molecule has 3 heteroatoms. The van der Waals surface area contributed by atoms with Crippen molar-refractivity contribution in [3.63, 3.8) is 0 Å². The minimum atomic E-state index is 0.652. The van der Waals surface area contributed by atoms with Crippen molar-refractivity contribution in [3.05, 3.63) is 24.2 Å². The van der Waals surface area contributed by atoms with Crippen LogP contribution in [-0.2, 0) is 6.54 Å². The fourth-order valence-corrected chi connectivity index (χ4v) is 3.07. The van der Waals surface area contributed by atoms with Crippen LogP contribution < -0.4 is 0 Å². The number of fused-ring (bicyclic) bond motifs is 1. The normalized spacial score (nSPS) is 31.8. The summed E-state index contributed by atoms with van der Waals surface area (Å²) in [6, 6.07) is 5.50. The lowest BCUT2D eigenvalue weighted by Gasteiger charge is -2.41. The monoisotopic (exact) mass is 220 g/mol. The van der Waals surface area contributed by atoms with E-state index in [1.807, 2.05) is 6.07 Å². The van der Waals surface area contributed by atoms with Crippen LogP contribution in [0.25, 0.3) is 0 Å². The van der Waals surface area contributed by atoms with Gasteiger partial charge in [0.25, 0.3) is 0 Å². The van der Waals surface area contributed by atoms with Crippen LogP contribution in [0.3, 0.4) is 0 Å². The van der Waals surface area contributed by atoms with Gasteiger partial charge in [-0.25, -0.2) is 0 Å². The SMILES string of the molecule is C[C@H]1CN2CCCC2CN1Cc1ccco1. The summed E-state index contributed by atoms with van der Waals surface area (Å²) in [5.74, 6) is 1.10. The van der Waals surface area contributed by atoms with E-state index in [1.165, 1.54) is 32.5 Å². The molecule has 88 valence electrons. The van der Waals surface area contributed by atoms with Gasteiger partial charge in [0.15, 0.2) is 0 Å². The van der Waals surface area contributed by atoms with Gasteiger partial charge in [0.2, 0.25) is 0 Å². The third-order valence-electron chi connectivity index (χ3n) is 4.01. The van der Waals surface area contributed by atoms with Crippen molar-refractivity contribution < 1.29 is 4.42 Å². The molecular weight excluding hydrogens is 200 g/mol. The van der Waals surface area contributed by atoms with E-state index in [9.17, 15) is 0 Å². The molecule has 0 saturated carbocycles. The summed E-state index contributed by atoms with van der Waals surface area (Å²) < 4.78 is 5.44. The molecule has 1 aromatic rings. The van der Waals surface area contributed by atoms with E-state index in [1.54, 1.807) is 6.26 Å². The molecule has 2 fully saturated rings. The minimum Gasteiger partial charge on any atom is -0.468 e. The van der Waals surface area contributed by atoms with Crippen LogP contribution in [0.4, 0.5) is 0 Å². The molecule has 0 N–H and O–H groups in total. The van der Waals surface area contributed by atoms with Crippen molar-refractivity contribution >= 4 is 0 Å². The Morgan fingerprint density at radius 1 is 1.44 bits per heavy atom. The predicted octanol–water partition coefficient (Wildman–Crippen LogP) is 1.95. The Morgan fingerprint density at radius 3 is 3.19 bits per heavy atom. The summed E-state index contributed by atoms with van der Waals surface area (Å²) >= 11 is 0. The van der Waals surface area contributed by atoms with Crippen LogP contribution in [0.1, 0.15) is 25.5 Å². The molecule has 3 heterocycles. The Morgan fingerprint density at radius 2 is 2.38 bits per heavy atom. The van der Waals surface area contributed by atoms with E-state index >= 15 is 0 Å². The molecule has 1 aromatic heterocycles. The molecule has 0 spiro atoms. The van der Waals surface area contributed by atoms with Gasteiger partial charge in [0.1, 0.15) is 5.76 Å². The van der Waals surface area contributed by atoms with Crippen LogP contribution in [0.15, 0.2) is 22.8 Å². The van der Waals surface area contributed by atoms with Crippen molar-refractivity contribution in [1.29, 1.82) is 0 Å². The highest BCUT2D eigenvalue weighted by Crippen LogP contribution is 2.25. The molecule has 0 aliphatic carbocycles. The maximum Gasteiger partial charge on any atom is 0.117 e. The zero-order chi connectivity index (χ0) is 11.0. The highest BCUT2D eigenvalue weighted by atomic mass is 16.3. The van der Waals surface area contributed by atoms with Crippen LogP contribution in [0.5, 0.6) is 0 Å². The van der Waals surface area contributed by atoms with E-state index < -0.39 is 0 Å². The molecule has 0 amide bonds. The number of furan rings is 1. The fourth-order valence-electron chi connectivity index (χ4n) is 3.07. The number of rotatable bonds is 2. The summed E-state index contributed by atoms with van der Waals surface area (Å²) in [6.07, 6.45) is 4.53. The molecule has 2 aliphatic rings. The van der Waals surface area contributed by atoms with E-state index in [-0.39, 0.29) is 0 Å². The minimum absolute atomic E-state index is 0.652. The van der Waals surface area contributed by atoms with Crippen molar-refractivity contribution in [2.24, 2.45) is 0 Å². The number of piperazine rings is 1. The van der Waals surface area contributed by atoms with Gasteiger partial charge in [-0.15, -0.1) is 0 Å². The average molecular weight is 220 g/mol. The number of hydrogen-bond acceptors (Lipinski definition) is 3. The van der Waals surface area contributed by atoms with E-state index in [4.69, 9.17) is 4.42 Å². The van der Waals surface area contributed by atoms with Crippen molar-refractivity contribution in [2.75, 3.05) is 19.6 Å². The van der Waals surface area contributed by atoms with E-state index in [0.717, 1.165) is 18.3 Å². The Labute approximate surface area is 97.0 Å². The van der Waals surface area contributed by atoms with Crippen LogP contribution in [-0.4, -0.2) is 41.5 Å². The van der Waals surface area contributed by atoms with Gasteiger partial charge in [-0.1, -0.05) is 0 Å². The molecule has 2 atom stereocenters. The molecule has 0 aromatic carbocycles. The average Bonchev–Trinajstić information content (AvgIpc) is 2.89.